The first-order valence-electron chi connectivity index (χ1n) is 7.64. The Kier molecular flexibility index (Phi) is 5.24. The van der Waals surface area contributed by atoms with Crippen molar-refractivity contribution in [1.82, 2.24) is 31.3 Å². The third-order valence-corrected chi connectivity index (χ3v) is 3.69. The van der Waals surface area contributed by atoms with E-state index in [4.69, 9.17) is 9.47 Å². The van der Waals surface area contributed by atoms with Crippen molar-refractivity contribution in [3.05, 3.63) is 36.4 Å². The molecule has 1 aliphatic rings. The van der Waals surface area contributed by atoms with Crippen LogP contribution in [0.25, 0.3) is 0 Å². The van der Waals surface area contributed by atoms with Gasteiger partial charge in [0.05, 0.1) is 19.7 Å². The molecule has 2 heterocycles. The zero-order chi connectivity index (χ0) is 16.8. The number of benzene rings is 1. The zero-order valence-corrected chi connectivity index (χ0v) is 13.3. The highest BCUT2D eigenvalue weighted by atomic mass is 16.5. The lowest BCUT2D eigenvalue weighted by Crippen LogP contribution is -2.43. The third kappa shape index (κ3) is 4.21. The van der Waals surface area contributed by atoms with Crippen LogP contribution < -0.4 is 25.6 Å². The molecule has 2 atom stereocenters. The number of H-pyrrole nitrogens is 1. The number of aromatic nitrogens is 3. The summed E-state index contributed by atoms with van der Waals surface area (Å²) in [5.41, 5.74) is 6.06. The summed E-state index contributed by atoms with van der Waals surface area (Å²) in [7, 11) is 1.61. The molecule has 2 unspecified atom stereocenters. The number of aromatic amines is 1. The Balaban J connectivity index is 1.42. The van der Waals surface area contributed by atoms with Gasteiger partial charge in [0.2, 0.25) is 5.91 Å². The fourth-order valence-corrected chi connectivity index (χ4v) is 2.40. The average molecular weight is 332 g/mol. The van der Waals surface area contributed by atoms with E-state index in [0.29, 0.717) is 25.4 Å². The Bertz CT molecular complexity index is 663. The first-order chi connectivity index (χ1) is 11.7. The van der Waals surface area contributed by atoms with Crippen molar-refractivity contribution in [3.8, 4) is 11.5 Å². The maximum atomic E-state index is 12.1. The van der Waals surface area contributed by atoms with Gasteiger partial charge in [0.1, 0.15) is 36.3 Å². The molecule has 0 saturated carbocycles. The van der Waals surface area contributed by atoms with Crippen molar-refractivity contribution < 1.29 is 14.3 Å². The number of amides is 1. The van der Waals surface area contributed by atoms with Crippen LogP contribution in [0.5, 0.6) is 11.5 Å². The predicted octanol–water partition coefficient (Wildman–Crippen LogP) is -0.256. The van der Waals surface area contributed by atoms with E-state index in [1.165, 1.54) is 6.33 Å². The topological polar surface area (TPSA) is 113 Å². The van der Waals surface area contributed by atoms with E-state index in [9.17, 15) is 4.79 Å². The number of hydrogen-bond acceptors (Lipinski definition) is 7. The smallest absolute Gasteiger partial charge is 0.238 e. The Morgan fingerprint density at radius 2 is 2.25 bits per heavy atom. The Hall–Kier alpha value is -2.65. The van der Waals surface area contributed by atoms with Crippen LogP contribution in [0.4, 0.5) is 0 Å². The van der Waals surface area contributed by atoms with Crippen molar-refractivity contribution in [2.24, 2.45) is 0 Å². The van der Waals surface area contributed by atoms with Gasteiger partial charge >= 0.3 is 0 Å². The van der Waals surface area contributed by atoms with Gasteiger partial charge in [-0.15, -0.1) is 0 Å². The molecule has 1 amide bonds. The van der Waals surface area contributed by atoms with Gasteiger partial charge in [0.15, 0.2) is 0 Å². The van der Waals surface area contributed by atoms with Crippen LogP contribution in [0.2, 0.25) is 0 Å². The van der Waals surface area contributed by atoms with Gasteiger partial charge in [0, 0.05) is 6.07 Å². The average Bonchev–Trinajstić information content (AvgIpc) is 3.30. The van der Waals surface area contributed by atoms with Gasteiger partial charge in [-0.3, -0.25) is 15.3 Å². The molecule has 1 fully saturated rings. The second-order valence-electron chi connectivity index (χ2n) is 5.41. The minimum absolute atomic E-state index is 0.0391. The molecule has 0 bridgehead atoms. The molecule has 1 aromatic carbocycles. The fraction of sp³-hybridized carbons (Fsp3) is 0.400. The monoisotopic (exact) mass is 332 g/mol. The molecule has 128 valence electrons. The van der Waals surface area contributed by atoms with Crippen LogP contribution in [-0.2, 0) is 11.3 Å². The first kappa shape index (κ1) is 16.2. The summed E-state index contributed by atoms with van der Waals surface area (Å²) in [4.78, 5) is 16.1. The minimum Gasteiger partial charge on any atom is -0.497 e. The third-order valence-electron chi connectivity index (χ3n) is 3.69. The van der Waals surface area contributed by atoms with Crippen molar-refractivity contribution in [1.29, 1.82) is 0 Å². The highest BCUT2D eigenvalue weighted by molar-refractivity contribution is 5.81. The summed E-state index contributed by atoms with van der Waals surface area (Å²) in [5.74, 6) is 2.00. The molecule has 4 N–H and O–H groups in total. The maximum absolute atomic E-state index is 12.1. The van der Waals surface area contributed by atoms with Crippen LogP contribution in [0.3, 0.4) is 0 Å². The zero-order valence-electron chi connectivity index (χ0n) is 13.3. The van der Waals surface area contributed by atoms with E-state index in [0.717, 1.165) is 11.5 Å². The molecule has 1 aliphatic heterocycles. The number of rotatable bonds is 7. The van der Waals surface area contributed by atoms with E-state index in [1.807, 2.05) is 24.3 Å². The molecule has 9 nitrogen and oxygen atoms in total. The summed E-state index contributed by atoms with van der Waals surface area (Å²) < 4.78 is 10.9. The summed E-state index contributed by atoms with van der Waals surface area (Å²) >= 11 is 0. The highest BCUT2D eigenvalue weighted by Crippen LogP contribution is 2.19. The predicted molar refractivity (Wildman–Crippen MR) is 85.2 cm³/mol. The Morgan fingerprint density at radius 3 is 3.04 bits per heavy atom. The van der Waals surface area contributed by atoms with E-state index >= 15 is 0 Å². The normalized spacial score (nSPS) is 19.9. The fourth-order valence-electron chi connectivity index (χ4n) is 2.40. The van der Waals surface area contributed by atoms with Gasteiger partial charge in [-0.25, -0.2) is 10.4 Å². The Morgan fingerprint density at radius 1 is 1.38 bits per heavy atom. The largest absolute Gasteiger partial charge is 0.497 e. The molecule has 0 aliphatic carbocycles. The molecule has 1 aromatic heterocycles. The molecule has 24 heavy (non-hydrogen) atoms. The molecule has 0 radical (unpaired) electrons. The van der Waals surface area contributed by atoms with Crippen LogP contribution in [0.1, 0.15) is 12.2 Å². The number of nitrogens with one attached hydrogen (secondary N) is 4. The van der Waals surface area contributed by atoms with Crippen molar-refractivity contribution in [3.63, 3.8) is 0 Å². The number of hydrogen-bond donors (Lipinski definition) is 4. The van der Waals surface area contributed by atoms with Crippen LogP contribution >= 0.6 is 0 Å². The number of hydrazine groups is 1. The quantitative estimate of drug-likeness (QED) is 0.553. The summed E-state index contributed by atoms with van der Waals surface area (Å²) in [6.45, 7) is 0.772. The number of nitrogens with zero attached hydrogens (tertiary/aromatic N) is 2. The first-order valence-corrected chi connectivity index (χ1v) is 7.64. The van der Waals surface area contributed by atoms with Gasteiger partial charge < -0.3 is 14.8 Å². The SMILES string of the molecule is COc1cccc(OCC2CC(C(=O)NCc3ncn[nH]3)NN2)c1. The minimum atomic E-state index is -0.313. The number of ether oxygens (including phenoxy) is 2. The standard InChI is InChI=1S/C15H20N6O3/c1-23-11-3-2-4-12(6-11)24-8-10-5-13(20-19-10)15(22)16-7-14-17-9-18-21-14/h2-4,6,9-10,13,19-20H,5,7-8H2,1H3,(H,16,22)(H,17,18,21). The van der Waals surface area contributed by atoms with Crippen molar-refractivity contribution in [2.45, 2.75) is 25.0 Å². The lowest BCUT2D eigenvalue weighted by atomic mass is 10.1. The highest BCUT2D eigenvalue weighted by Gasteiger charge is 2.29. The summed E-state index contributed by atoms with van der Waals surface area (Å²) in [6, 6.07) is 7.14. The number of methoxy groups -OCH3 is 1. The summed E-state index contributed by atoms with van der Waals surface area (Å²) in [5, 5.41) is 9.24. The molecule has 9 heteroatoms. The van der Waals surface area contributed by atoms with E-state index in [1.54, 1.807) is 7.11 Å². The summed E-state index contributed by atoms with van der Waals surface area (Å²) in [6.07, 6.45) is 2.04. The second-order valence-corrected chi connectivity index (χ2v) is 5.41. The van der Waals surface area contributed by atoms with E-state index in [2.05, 4.69) is 31.3 Å². The molecule has 0 spiro atoms. The van der Waals surface area contributed by atoms with Gasteiger partial charge in [-0.2, -0.15) is 5.10 Å². The lowest BCUT2D eigenvalue weighted by molar-refractivity contribution is -0.123. The molecular weight excluding hydrogens is 312 g/mol. The van der Waals surface area contributed by atoms with E-state index < -0.39 is 0 Å². The molecule has 2 aromatic rings. The van der Waals surface area contributed by atoms with Crippen molar-refractivity contribution in [2.75, 3.05) is 13.7 Å². The van der Waals surface area contributed by atoms with Gasteiger partial charge in [0.25, 0.3) is 0 Å². The molecule has 3 rings (SSSR count). The second kappa shape index (κ2) is 7.75. The molecular formula is C15H20N6O3. The van der Waals surface area contributed by atoms with Crippen LogP contribution in [0.15, 0.2) is 30.6 Å². The van der Waals surface area contributed by atoms with Crippen LogP contribution in [-0.4, -0.2) is 46.9 Å². The lowest BCUT2D eigenvalue weighted by Gasteiger charge is -2.12. The van der Waals surface area contributed by atoms with E-state index in [-0.39, 0.29) is 18.0 Å². The van der Waals surface area contributed by atoms with Crippen molar-refractivity contribution >= 4 is 5.91 Å². The molecule has 1 saturated heterocycles. The Labute approximate surface area is 139 Å². The number of carbonyl (C=O) groups is 1. The maximum Gasteiger partial charge on any atom is 0.238 e. The van der Waals surface area contributed by atoms with Crippen LogP contribution in [0, 0.1) is 0 Å². The van der Waals surface area contributed by atoms with Gasteiger partial charge in [-0.1, -0.05) is 6.07 Å². The van der Waals surface area contributed by atoms with Gasteiger partial charge in [-0.05, 0) is 18.6 Å². The number of carbonyl (C=O) groups excluding carboxylic acids is 1.